The maximum Gasteiger partial charge on any atom is 0.224 e. The number of morpholine rings is 1. The van der Waals surface area contributed by atoms with Crippen LogP contribution >= 0.6 is 24.8 Å². The molecule has 0 bridgehead atoms. The summed E-state index contributed by atoms with van der Waals surface area (Å²) in [7, 11) is 1.93. The first-order valence-corrected chi connectivity index (χ1v) is 9.27. The summed E-state index contributed by atoms with van der Waals surface area (Å²) >= 11 is 0. The molecule has 1 amide bonds. The van der Waals surface area contributed by atoms with Crippen LogP contribution in [0.4, 0.5) is 0 Å². The van der Waals surface area contributed by atoms with E-state index in [0.717, 1.165) is 52.1 Å². The van der Waals surface area contributed by atoms with Crippen LogP contribution in [0.5, 0.6) is 0 Å². The van der Waals surface area contributed by atoms with E-state index < -0.39 is 0 Å². The molecule has 1 saturated carbocycles. The van der Waals surface area contributed by atoms with Gasteiger partial charge >= 0.3 is 0 Å². The van der Waals surface area contributed by atoms with Crippen LogP contribution in [-0.4, -0.2) is 67.2 Å². The third kappa shape index (κ3) is 6.87. The van der Waals surface area contributed by atoms with E-state index in [1.54, 1.807) is 0 Å². The molecule has 1 aliphatic heterocycles. The molecule has 2 fully saturated rings. The molecule has 1 unspecified atom stereocenters. The fraction of sp³-hybridized carbons (Fsp3) is 0.944. The predicted octanol–water partition coefficient (Wildman–Crippen LogP) is 2.70. The fourth-order valence-electron chi connectivity index (χ4n) is 3.89. The highest BCUT2D eigenvalue weighted by Crippen LogP contribution is 2.39. The SMILES string of the molecule is CC(C)C(N)CCN(C)C(=O)CC1(N2CCOCC2)CCCC1.Cl.Cl. The zero-order chi connectivity index (χ0) is 16.9. The summed E-state index contributed by atoms with van der Waals surface area (Å²) in [5, 5.41) is 0. The van der Waals surface area contributed by atoms with E-state index in [2.05, 4.69) is 18.7 Å². The highest BCUT2D eigenvalue weighted by Gasteiger charge is 2.42. The topological polar surface area (TPSA) is 58.8 Å². The van der Waals surface area contributed by atoms with Gasteiger partial charge < -0.3 is 15.4 Å². The molecule has 1 heterocycles. The molecule has 0 aromatic carbocycles. The quantitative estimate of drug-likeness (QED) is 0.717. The lowest BCUT2D eigenvalue weighted by molar-refractivity contribution is -0.134. The number of carbonyl (C=O) groups excluding carboxylic acids is 1. The van der Waals surface area contributed by atoms with Gasteiger partial charge in [0.15, 0.2) is 0 Å². The lowest BCUT2D eigenvalue weighted by atomic mass is 9.89. The minimum atomic E-state index is 0. The van der Waals surface area contributed by atoms with Crippen LogP contribution in [0.25, 0.3) is 0 Å². The lowest BCUT2D eigenvalue weighted by Crippen LogP contribution is -2.54. The molecule has 5 nitrogen and oxygen atoms in total. The van der Waals surface area contributed by atoms with Crippen molar-refractivity contribution in [3.63, 3.8) is 0 Å². The van der Waals surface area contributed by atoms with Gasteiger partial charge in [0.05, 0.1) is 13.2 Å². The number of rotatable bonds is 7. The summed E-state index contributed by atoms with van der Waals surface area (Å²) in [5.41, 5.74) is 6.19. The second-order valence-electron chi connectivity index (χ2n) is 7.72. The largest absolute Gasteiger partial charge is 0.379 e. The van der Waals surface area contributed by atoms with Crippen LogP contribution in [0, 0.1) is 5.92 Å². The van der Waals surface area contributed by atoms with Crippen molar-refractivity contribution in [2.24, 2.45) is 11.7 Å². The van der Waals surface area contributed by atoms with Crippen LogP contribution in [0.2, 0.25) is 0 Å². The minimum absolute atomic E-state index is 0. The molecule has 0 aromatic rings. The smallest absolute Gasteiger partial charge is 0.224 e. The lowest BCUT2D eigenvalue weighted by Gasteiger charge is -2.43. The van der Waals surface area contributed by atoms with Gasteiger partial charge in [-0.2, -0.15) is 0 Å². The van der Waals surface area contributed by atoms with Crippen molar-refractivity contribution in [1.82, 2.24) is 9.80 Å². The number of hydrogen-bond acceptors (Lipinski definition) is 4. The Balaban J connectivity index is 0.00000288. The first kappa shape index (κ1) is 24.9. The molecule has 2 aliphatic rings. The van der Waals surface area contributed by atoms with Crippen LogP contribution < -0.4 is 5.73 Å². The second kappa shape index (κ2) is 11.6. The molecule has 2 N–H and O–H groups in total. The van der Waals surface area contributed by atoms with Gasteiger partial charge in [0, 0.05) is 44.7 Å². The monoisotopic (exact) mass is 397 g/mol. The van der Waals surface area contributed by atoms with E-state index in [4.69, 9.17) is 10.5 Å². The number of hydrogen-bond donors (Lipinski definition) is 1. The summed E-state index contributed by atoms with van der Waals surface area (Å²) in [4.78, 5) is 17.2. The summed E-state index contributed by atoms with van der Waals surface area (Å²) in [6, 6.07) is 0.171. The molecule has 0 spiro atoms. The maximum atomic E-state index is 12.8. The highest BCUT2D eigenvalue weighted by molar-refractivity contribution is 5.85. The maximum absolute atomic E-state index is 12.8. The fourth-order valence-corrected chi connectivity index (χ4v) is 3.89. The Labute approximate surface area is 165 Å². The van der Waals surface area contributed by atoms with E-state index in [9.17, 15) is 4.79 Å². The third-order valence-corrected chi connectivity index (χ3v) is 5.78. The zero-order valence-corrected chi connectivity index (χ0v) is 17.7. The molecule has 150 valence electrons. The first-order valence-electron chi connectivity index (χ1n) is 9.27. The summed E-state index contributed by atoms with van der Waals surface area (Å²) in [6.45, 7) is 8.57. The molecular weight excluding hydrogens is 361 g/mol. The van der Waals surface area contributed by atoms with Crippen molar-refractivity contribution in [3.8, 4) is 0 Å². The highest BCUT2D eigenvalue weighted by atomic mass is 35.5. The van der Waals surface area contributed by atoms with E-state index in [0.29, 0.717) is 12.3 Å². The van der Waals surface area contributed by atoms with Gasteiger partial charge in [0.1, 0.15) is 0 Å². The zero-order valence-electron chi connectivity index (χ0n) is 16.0. The van der Waals surface area contributed by atoms with Gasteiger partial charge in [-0.3, -0.25) is 9.69 Å². The van der Waals surface area contributed by atoms with Gasteiger partial charge in [-0.25, -0.2) is 0 Å². The molecule has 1 aliphatic carbocycles. The Morgan fingerprint density at radius 1 is 1.20 bits per heavy atom. The number of nitrogens with two attached hydrogens (primary N) is 1. The van der Waals surface area contributed by atoms with Crippen LogP contribution in [0.1, 0.15) is 52.4 Å². The van der Waals surface area contributed by atoms with Crippen molar-refractivity contribution in [1.29, 1.82) is 0 Å². The molecule has 1 atom stereocenters. The van der Waals surface area contributed by atoms with Gasteiger partial charge in [0.2, 0.25) is 5.91 Å². The Morgan fingerprint density at radius 2 is 1.76 bits per heavy atom. The van der Waals surface area contributed by atoms with Crippen molar-refractivity contribution in [3.05, 3.63) is 0 Å². The van der Waals surface area contributed by atoms with Crippen LogP contribution in [0.3, 0.4) is 0 Å². The van der Waals surface area contributed by atoms with Crippen LogP contribution in [0.15, 0.2) is 0 Å². The average molecular weight is 398 g/mol. The third-order valence-electron chi connectivity index (χ3n) is 5.78. The first-order chi connectivity index (χ1) is 10.9. The van der Waals surface area contributed by atoms with Gasteiger partial charge in [0.25, 0.3) is 0 Å². The Kier molecular flexibility index (Phi) is 11.6. The van der Waals surface area contributed by atoms with Crippen molar-refractivity contribution >= 4 is 30.7 Å². The Bertz CT molecular complexity index is 385. The molecule has 7 heteroatoms. The molecule has 25 heavy (non-hydrogen) atoms. The number of halogens is 2. The predicted molar refractivity (Wildman–Crippen MR) is 108 cm³/mol. The molecule has 0 radical (unpaired) electrons. The average Bonchev–Trinajstić information content (AvgIpc) is 3.02. The van der Waals surface area contributed by atoms with Gasteiger partial charge in [-0.15, -0.1) is 24.8 Å². The minimum Gasteiger partial charge on any atom is -0.379 e. The molecule has 0 aromatic heterocycles. The number of carbonyl (C=O) groups is 1. The van der Waals surface area contributed by atoms with Crippen molar-refractivity contribution < 1.29 is 9.53 Å². The standard InChI is InChI=1S/C18H35N3O2.2ClH/c1-15(2)16(19)6-9-20(3)17(22)14-18(7-4-5-8-18)21-10-12-23-13-11-21;;/h15-16H,4-14,19H2,1-3H3;2*1H. The number of nitrogens with zero attached hydrogens (tertiary/aromatic N) is 2. The summed E-state index contributed by atoms with van der Waals surface area (Å²) in [6.07, 6.45) is 6.32. The van der Waals surface area contributed by atoms with E-state index in [-0.39, 0.29) is 42.3 Å². The van der Waals surface area contributed by atoms with E-state index in [1.165, 1.54) is 12.8 Å². The van der Waals surface area contributed by atoms with Crippen molar-refractivity contribution in [2.45, 2.75) is 64.0 Å². The molecular formula is C18H37Cl2N3O2. The summed E-state index contributed by atoms with van der Waals surface area (Å²) in [5.74, 6) is 0.738. The van der Waals surface area contributed by atoms with Gasteiger partial charge in [-0.05, 0) is 25.2 Å². The van der Waals surface area contributed by atoms with Crippen molar-refractivity contribution in [2.75, 3.05) is 39.9 Å². The molecule has 1 saturated heterocycles. The number of ether oxygens (including phenoxy) is 1. The van der Waals surface area contributed by atoms with Gasteiger partial charge in [-0.1, -0.05) is 26.7 Å². The summed E-state index contributed by atoms with van der Waals surface area (Å²) < 4.78 is 5.49. The number of amides is 1. The normalized spacial score (nSPS) is 21.3. The van der Waals surface area contributed by atoms with E-state index >= 15 is 0 Å². The second-order valence-corrected chi connectivity index (χ2v) is 7.72. The Morgan fingerprint density at radius 3 is 2.28 bits per heavy atom. The van der Waals surface area contributed by atoms with E-state index in [1.807, 2.05) is 11.9 Å². The van der Waals surface area contributed by atoms with Crippen LogP contribution in [-0.2, 0) is 9.53 Å². The molecule has 2 rings (SSSR count). The Hall–Kier alpha value is -0.0700.